The molecule has 1 fully saturated rings. The maximum Gasteiger partial charge on any atom is 0.119 e. The maximum atomic E-state index is 5.42. The molecule has 0 radical (unpaired) electrons. The predicted molar refractivity (Wildman–Crippen MR) is 91.3 cm³/mol. The predicted octanol–water partition coefficient (Wildman–Crippen LogP) is 3.51. The largest absolute Gasteiger partial charge is 0.497 e. The number of rotatable bonds is 4. The molecule has 2 aromatic rings. The van der Waals surface area contributed by atoms with Gasteiger partial charge < -0.3 is 10.1 Å². The summed E-state index contributed by atoms with van der Waals surface area (Å²) in [4.78, 5) is 3.92. The number of halogens is 1. The first kappa shape index (κ1) is 15.0. The second kappa shape index (κ2) is 6.92. The molecule has 21 heavy (non-hydrogen) atoms. The highest BCUT2D eigenvalue weighted by Crippen LogP contribution is 2.37. The summed E-state index contributed by atoms with van der Waals surface area (Å²) < 4.78 is 6.56. The van der Waals surface area contributed by atoms with E-state index in [9.17, 15) is 0 Å². The van der Waals surface area contributed by atoms with Crippen molar-refractivity contribution < 1.29 is 4.74 Å². The summed E-state index contributed by atoms with van der Waals surface area (Å²) in [6.45, 7) is 4.21. The Kier molecular flexibility index (Phi) is 4.95. The smallest absolute Gasteiger partial charge is 0.119 e. The Morgan fingerprint density at radius 2 is 2.10 bits per heavy atom. The van der Waals surface area contributed by atoms with Gasteiger partial charge in [-0.2, -0.15) is 0 Å². The number of piperazine rings is 1. The average Bonchev–Trinajstić information content (AvgIpc) is 3.04. The molecule has 0 unspecified atom stereocenters. The van der Waals surface area contributed by atoms with E-state index in [2.05, 4.69) is 55.8 Å². The van der Waals surface area contributed by atoms with Gasteiger partial charge in [0.25, 0.3) is 0 Å². The summed E-state index contributed by atoms with van der Waals surface area (Å²) in [5.41, 5.74) is 1.28. The molecule has 1 aliphatic heterocycles. The van der Waals surface area contributed by atoms with Crippen molar-refractivity contribution in [2.24, 2.45) is 0 Å². The van der Waals surface area contributed by atoms with Crippen LogP contribution in [0.2, 0.25) is 0 Å². The topological polar surface area (TPSA) is 24.5 Å². The van der Waals surface area contributed by atoms with Gasteiger partial charge in [-0.15, -0.1) is 11.3 Å². The molecule has 1 aromatic carbocycles. The van der Waals surface area contributed by atoms with Gasteiger partial charge in [0, 0.05) is 35.5 Å². The zero-order valence-corrected chi connectivity index (χ0v) is 14.4. The lowest BCUT2D eigenvalue weighted by Gasteiger charge is -2.35. The zero-order valence-electron chi connectivity index (χ0n) is 12.0. The second-order valence-electron chi connectivity index (χ2n) is 5.09. The SMILES string of the molecule is COc1ccc(Br)c([C@@H](c2cccs2)N2CCNCC2)c1. The Morgan fingerprint density at radius 3 is 2.76 bits per heavy atom. The van der Waals surface area contributed by atoms with Crippen molar-refractivity contribution in [3.8, 4) is 5.75 Å². The molecule has 1 aromatic heterocycles. The van der Waals surface area contributed by atoms with E-state index in [1.54, 1.807) is 7.11 Å². The molecule has 0 aliphatic carbocycles. The molecule has 0 saturated carbocycles. The van der Waals surface area contributed by atoms with E-state index in [4.69, 9.17) is 4.74 Å². The molecule has 0 amide bonds. The number of methoxy groups -OCH3 is 1. The van der Waals surface area contributed by atoms with Gasteiger partial charge in [0.05, 0.1) is 13.2 Å². The van der Waals surface area contributed by atoms with Crippen molar-refractivity contribution in [1.29, 1.82) is 0 Å². The summed E-state index contributed by atoms with van der Waals surface area (Å²) in [5, 5.41) is 5.58. The van der Waals surface area contributed by atoms with Crippen molar-refractivity contribution in [2.75, 3.05) is 33.3 Å². The van der Waals surface area contributed by atoms with Crippen molar-refractivity contribution >= 4 is 27.3 Å². The summed E-state index contributed by atoms with van der Waals surface area (Å²) >= 11 is 5.54. The van der Waals surface area contributed by atoms with Crippen LogP contribution < -0.4 is 10.1 Å². The Bertz CT molecular complexity index is 582. The van der Waals surface area contributed by atoms with Gasteiger partial charge in [-0.1, -0.05) is 22.0 Å². The molecule has 2 heterocycles. The minimum atomic E-state index is 0.288. The average molecular weight is 367 g/mol. The molecular weight excluding hydrogens is 348 g/mol. The normalized spacial score (nSPS) is 17.6. The van der Waals surface area contributed by atoms with Crippen LogP contribution >= 0.6 is 27.3 Å². The lowest BCUT2D eigenvalue weighted by molar-refractivity contribution is 0.200. The number of hydrogen-bond donors (Lipinski definition) is 1. The van der Waals surface area contributed by atoms with Crippen LogP contribution in [-0.2, 0) is 0 Å². The van der Waals surface area contributed by atoms with Gasteiger partial charge >= 0.3 is 0 Å². The molecule has 1 atom stereocenters. The fourth-order valence-corrected chi connectivity index (χ4v) is 4.12. The lowest BCUT2D eigenvalue weighted by Crippen LogP contribution is -2.45. The quantitative estimate of drug-likeness (QED) is 0.895. The second-order valence-corrected chi connectivity index (χ2v) is 6.92. The van der Waals surface area contributed by atoms with E-state index in [0.717, 1.165) is 36.4 Å². The van der Waals surface area contributed by atoms with Crippen LogP contribution in [0.5, 0.6) is 5.75 Å². The number of thiophene rings is 1. The van der Waals surface area contributed by atoms with Crippen molar-refractivity contribution in [2.45, 2.75) is 6.04 Å². The van der Waals surface area contributed by atoms with E-state index in [0.29, 0.717) is 0 Å². The summed E-state index contributed by atoms with van der Waals surface area (Å²) in [5.74, 6) is 0.907. The third kappa shape index (κ3) is 3.31. The van der Waals surface area contributed by atoms with E-state index in [-0.39, 0.29) is 6.04 Å². The third-order valence-corrected chi connectivity index (χ3v) is 5.47. The van der Waals surface area contributed by atoms with Gasteiger partial charge in [0.15, 0.2) is 0 Å². The van der Waals surface area contributed by atoms with Crippen LogP contribution in [0.1, 0.15) is 16.5 Å². The Balaban J connectivity index is 2.02. The first-order valence-corrected chi connectivity index (χ1v) is 8.78. The Labute approximate surface area is 138 Å². The molecule has 112 valence electrons. The third-order valence-electron chi connectivity index (χ3n) is 3.83. The van der Waals surface area contributed by atoms with E-state index in [1.165, 1.54) is 10.4 Å². The number of hydrogen-bond acceptors (Lipinski definition) is 4. The number of benzene rings is 1. The summed E-state index contributed by atoms with van der Waals surface area (Å²) in [6, 6.07) is 10.9. The monoisotopic (exact) mass is 366 g/mol. The van der Waals surface area contributed by atoms with Crippen molar-refractivity contribution in [1.82, 2.24) is 10.2 Å². The number of ether oxygens (including phenoxy) is 1. The van der Waals surface area contributed by atoms with Gasteiger partial charge in [0.2, 0.25) is 0 Å². The fraction of sp³-hybridized carbons (Fsp3) is 0.375. The highest BCUT2D eigenvalue weighted by atomic mass is 79.9. The molecule has 1 aliphatic rings. The highest BCUT2D eigenvalue weighted by molar-refractivity contribution is 9.10. The number of nitrogens with one attached hydrogen (secondary N) is 1. The summed E-state index contributed by atoms with van der Waals surface area (Å²) in [7, 11) is 1.72. The lowest BCUT2D eigenvalue weighted by atomic mass is 10.0. The zero-order chi connectivity index (χ0) is 14.7. The molecule has 5 heteroatoms. The van der Waals surface area contributed by atoms with Gasteiger partial charge in [-0.25, -0.2) is 0 Å². The minimum Gasteiger partial charge on any atom is -0.497 e. The van der Waals surface area contributed by atoms with Crippen molar-refractivity contribution in [3.63, 3.8) is 0 Å². The summed E-state index contributed by atoms with van der Waals surface area (Å²) in [6.07, 6.45) is 0. The van der Waals surface area contributed by atoms with Crippen LogP contribution in [0.3, 0.4) is 0 Å². The van der Waals surface area contributed by atoms with Crippen LogP contribution in [0.15, 0.2) is 40.2 Å². The molecule has 0 bridgehead atoms. The molecule has 1 saturated heterocycles. The minimum absolute atomic E-state index is 0.288. The Morgan fingerprint density at radius 1 is 1.29 bits per heavy atom. The highest BCUT2D eigenvalue weighted by Gasteiger charge is 2.26. The van der Waals surface area contributed by atoms with Gasteiger partial charge in [-0.05, 0) is 35.2 Å². The van der Waals surface area contributed by atoms with Crippen LogP contribution in [0, 0.1) is 0 Å². The molecule has 3 rings (SSSR count). The van der Waals surface area contributed by atoms with E-state index >= 15 is 0 Å². The molecule has 1 N–H and O–H groups in total. The fourth-order valence-electron chi connectivity index (χ4n) is 2.78. The maximum absolute atomic E-state index is 5.42. The Hall–Kier alpha value is -0.880. The van der Waals surface area contributed by atoms with Crippen LogP contribution in [0.4, 0.5) is 0 Å². The van der Waals surface area contributed by atoms with Crippen LogP contribution in [0.25, 0.3) is 0 Å². The van der Waals surface area contributed by atoms with E-state index in [1.807, 2.05) is 17.4 Å². The number of nitrogens with zero attached hydrogens (tertiary/aromatic N) is 1. The van der Waals surface area contributed by atoms with Gasteiger partial charge in [0.1, 0.15) is 5.75 Å². The molecule has 0 spiro atoms. The van der Waals surface area contributed by atoms with Crippen LogP contribution in [-0.4, -0.2) is 38.2 Å². The standard InChI is InChI=1S/C16H19BrN2OS/c1-20-12-4-5-14(17)13(11-12)16(15-3-2-10-21-15)19-8-6-18-7-9-19/h2-5,10-11,16,18H,6-9H2,1H3/t16-/m0/s1. The first-order valence-electron chi connectivity index (χ1n) is 7.11. The molecular formula is C16H19BrN2OS. The van der Waals surface area contributed by atoms with Gasteiger partial charge in [-0.3, -0.25) is 4.90 Å². The first-order chi connectivity index (χ1) is 10.3. The van der Waals surface area contributed by atoms with Crippen molar-refractivity contribution in [3.05, 3.63) is 50.6 Å². The molecule has 3 nitrogen and oxygen atoms in total. The van der Waals surface area contributed by atoms with E-state index < -0.39 is 0 Å².